The van der Waals surface area contributed by atoms with Crippen LogP contribution in [-0.2, 0) is 9.59 Å². The summed E-state index contributed by atoms with van der Waals surface area (Å²) in [7, 11) is 0. The number of hydrogen-bond donors (Lipinski definition) is 2. The molecule has 130 valence electrons. The SMILES string of the molecule is CC1Oc2ccc(NC(=O)CCSc3ccc(F)cc3)cc2NC1=O. The maximum absolute atomic E-state index is 12.8. The molecular formula is C18H17FN2O3S. The van der Waals surface area contributed by atoms with Gasteiger partial charge in [0.25, 0.3) is 5.91 Å². The van der Waals surface area contributed by atoms with Crippen LogP contribution in [0.15, 0.2) is 47.4 Å². The molecule has 0 bridgehead atoms. The zero-order valence-electron chi connectivity index (χ0n) is 13.5. The predicted molar refractivity (Wildman–Crippen MR) is 95.5 cm³/mol. The Balaban J connectivity index is 1.52. The first kappa shape index (κ1) is 17.3. The van der Waals surface area contributed by atoms with E-state index in [2.05, 4.69) is 10.6 Å². The highest BCUT2D eigenvalue weighted by atomic mass is 32.2. The molecule has 5 nitrogen and oxygen atoms in total. The molecule has 1 atom stereocenters. The molecule has 25 heavy (non-hydrogen) atoms. The number of hydrogen-bond acceptors (Lipinski definition) is 4. The van der Waals surface area contributed by atoms with Gasteiger partial charge in [0.15, 0.2) is 6.10 Å². The number of rotatable bonds is 5. The number of thioether (sulfide) groups is 1. The van der Waals surface area contributed by atoms with E-state index >= 15 is 0 Å². The number of benzene rings is 2. The van der Waals surface area contributed by atoms with Crippen molar-refractivity contribution in [2.75, 3.05) is 16.4 Å². The van der Waals surface area contributed by atoms with Gasteiger partial charge >= 0.3 is 0 Å². The Morgan fingerprint density at radius 2 is 2.04 bits per heavy atom. The Bertz CT molecular complexity index is 795. The monoisotopic (exact) mass is 360 g/mol. The van der Waals surface area contributed by atoms with E-state index in [1.165, 1.54) is 23.9 Å². The van der Waals surface area contributed by atoms with Crippen LogP contribution in [0.1, 0.15) is 13.3 Å². The van der Waals surface area contributed by atoms with Crippen molar-refractivity contribution in [1.82, 2.24) is 0 Å². The fourth-order valence-electron chi connectivity index (χ4n) is 2.30. The smallest absolute Gasteiger partial charge is 0.265 e. The molecule has 0 radical (unpaired) electrons. The lowest BCUT2D eigenvalue weighted by molar-refractivity contribution is -0.122. The summed E-state index contributed by atoms with van der Waals surface area (Å²) < 4.78 is 18.3. The second-order valence-electron chi connectivity index (χ2n) is 5.56. The Morgan fingerprint density at radius 1 is 1.28 bits per heavy atom. The lowest BCUT2D eigenvalue weighted by Crippen LogP contribution is -2.34. The second kappa shape index (κ2) is 7.57. The molecule has 1 unspecified atom stereocenters. The van der Waals surface area contributed by atoms with Crippen LogP contribution < -0.4 is 15.4 Å². The van der Waals surface area contributed by atoms with E-state index in [1.54, 1.807) is 37.3 Å². The van der Waals surface area contributed by atoms with Crippen LogP contribution in [0.25, 0.3) is 0 Å². The summed E-state index contributed by atoms with van der Waals surface area (Å²) in [6.07, 6.45) is -0.213. The molecule has 2 aromatic carbocycles. The summed E-state index contributed by atoms with van der Waals surface area (Å²) in [6, 6.07) is 11.3. The molecular weight excluding hydrogens is 343 g/mol. The van der Waals surface area contributed by atoms with Gasteiger partial charge in [-0.05, 0) is 49.4 Å². The summed E-state index contributed by atoms with van der Waals surface area (Å²) in [5.41, 5.74) is 1.13. The molecule has 0 fully saturated rings. The lowest BCUT2D eigenvalue weighted by Gasteiger charge is -2.23. The number of amides is 2. The number of halogens is 1. The van der Waals surface area contributed by atoms with Crippen LogP contribution in [0.5, 0.6) is 5.75 Å². The molecule has 1 heterocycles. The highest BCUT2D eigenvalue weighted by molar-refractivity contribution is 7.99. The number of ether oxygens (including phenoxy) is 1. The molecule has 1 aliphatic heterocycles. The fourth-order valence-corrected chi connectivity index (χ4v) is 3.15. The summed E-state index contributed by atoms with van der Waals surface area (Å²) in [4.78, 5) is 24.6. The van der Waals surface area contributed by atoms with Gasteiger partial charge in [-0.3, -0.25) is 9.59 Å². The quantitative estimate of drug-likeness (QED) is 0.799. The summed E-state index contributed by atoms with van der Waals surface area (Å²) in [5.74, 6) is 0.536. The highest BCUT2D eigenvalue weighted by Crippen LogP contribution is 2.32. The molecule has 2 amide bonds. The van der Waals surface area contributed by atoms with Crippen molar-refractivity contribution >= 4 is 35.0 Å². The molecule has 0 spiro atoms. The van der Waals surface area contributed by atoms with Gasteiger partial charge in [0.1, 0.15) is 11.6 Å². The topological polar surface area (TPSA) is 67.4 Å². The number of carbonyl (C=O) groups excluding carboxylic acids is 2. The van der Waals surface area contributed by atoms with Crippen molar-refractivity contribution in [2.45, 2.75) is 24.3 Å². The van der Waals surface area contributed by atoms with Crippen LogP contribution in [0.4, 0.5) is 15.8 Å². The van der Waals surface area contributed by atoms with E-state index in [4.69, 9.17) is 4.74 Å². The van der Waals surface area contributed by atoms with E-state index in [-0.39, 0.29) is 17.6 Å². The first-order valence-electron chi connectivity index (χ1n) is 7.81. The average molecular weight is 360 g/mol. The van der Waals surface area contributed by atoms with Gasteiger partial charge in [-0.2, -0.15) is 0 Å². The number of anilines is 2. The van der Waals surface area contributed by atoms with Gasteiger partial charge < -0.3 is 15.4 Å². The second-order valence-corrected chi connectivity index (χ2v) is 6.73. The van der Waals surface area contributed by atoms with E-state index in [9.17, 15) is 14.0 Å². The van der Waals surface area contributed by atoms with Crippen molar-refractivity contribution in [2.24, 2.45) is 0 Å². The number of fused-ring (bicyclic) bond motifs is 1. The van der Waals surface area contributed by atoms with Gasteiger partial charge in [-0.1, -0.05) is 0 Å². The van der Waals surface area contributed by atoms with E-state index in [0.29, 0.717) is 29.3 Å². The molecule has 3 rings (SSSR count). The molecule has 0 saturated carbocycles. The molecule has 2 N–H and O–H groups in total. The minimum atomic E-state index is -0.531. The Labute approximate surface area is 148 Å². The van der Waals surface area contributed by atoms with Gasteiger partial charge in [0.05, 0.1) is 5.69 Å². The Morgan fingerprint density at radius 3 is 2.80 bits per heavy atom. The van der Waals surface area contributed by atoms with Gasteiger partial charge in [0.2, 0.25) is 5.91 Å². The average Bonchev–Trinajstić information content (AvgIpc) is 2.58. The largest absolute Gasteiger partial charge is 0.479 e. The highest BCUT2D eigenvalue weighted by Gasteiger charge is 2.23. The molecule has 2 aromatic rings. The van der Waals surface area contributed by atoms with Crippen molar-refractivity contribution in [3.63, 3.8) is 0 Å². The standard InChI is InChI=1S/C18H17FN2O3S/c1-11-18(23)21-15-10-13(4-7-16(15)24-11)20-17(22)8-9-25-14-5-2-12(19)3-6-14/h2-7,10-11H,8-9H2,1H3,(H,20,22)(H,21,23). The number of carbonyl (C=O) groups is 2. The van der Waals surface area contributed by atoms with E-state index in [0.717, 1.165) is 4.90 Å². The van der Waals surface area contributed by atoms with Gasteiger partial charge in [-0.15, -0.1) is 11.8 Å². The molecule has 1 aliphatic rings. The molecule has 0 aromatic heterocycles. The molecule has 7 heteroatoms. The Kier molecular flexibility index (Phi) is 5.23. The summed E-state index contributed by atoms with van der Waals surface area (Å²) >= 11 is 1.49. The van der Waals surface area contributed by atoms with Crippen molar-refractivity contribution in [3.05, 3.63) is 48.3 Å². The Hall–Kier alpha value is -2.54. The summed E-state index contributed by atoms with van der Waals surface area (Å²) in [5, 5.41) is 5.54. The van der Waals surface area contributed by atoms with Crippen molar-refractivity contribution in [1.29, 1.82) is 0 Å². The first-order chi connectivity index (χ1) is 12.0. The van der Waals surface area contributed by atoms with Crippen LogP contribution in [0, 0.1) is 5.82 Å². The third-order valence-electron chi connectivity index (χ3n) is 3.61. The minimum absolute atomic E-state index is 0.133. The van der Waals surface area contributed by atoms with Gasteiger partial charge in [0, 0.05) is 22.8 Å². The third kappa shape index (κ3) is 4.51. The van der Waals surface area contributed by atoms with Crippen molar-refractivity contribution in [3.8, 4) is 5.75 Å². The minimum Gasteiger partial charge on any atom is -0.479 e. The van der Waals surface area contributed by atoms with E-state index in [1.807, 2.05) is 0 Å². The van der Waals surface area contributed by atoms with Crippen LogP contribution in [0.3, 0.4) is 0 Å². The first-order valence-corrected chi connectivity index (χ1v) is 8.79. The van der Waals surface area contributed by atoms with E-state index < -0.39 is 6.10 Å². The predicted octanol–water partition coefficient (Wildman–Crippen LogP) is 3.67. The van der Waals surface area contributed by atoms with Crippen LogP contribution in [-0.4, -0.2) is 23.7 Å². The lowest BCUT2D eigenvalue weighted by atomic mass is 10.2. The maximum atomic E-state index is 12.8. The normalized spacial score (nSPS) is 15.8. The van der Waals surface area contributed by atoms with Crippen LogP contribution >= 0.6 is 11.8 Å². The van der Waals surface area contributed by atoms with Crippen molar-refractivity contribution < 1.29 is 18.7 Å². The zero-order valence-corrected chi connectivity index (χ0v) is 14.4. The van der Waals surface area contributed by atoms with Crippen LogP contribution in [0.2, 0.25) is 0 Å². The summed E-state index contributed by atoms with van der Waals surface area (Å²) in [6.45, 7) is 1.67. The third-order valence-corrected chi connectivity index (χ3v) is 4.62. The maximum Gasteiger partial charge on any atom is 0.265 e. The zero-order chi connectivity index (χ0) is 17.8. The molecule has 0 aliphatic carbocycles. The van der Waals surface area contributed by atoms with Gasteiger partial charge in [-0.25, -0.2) is 4.39 Å². The number of nitrogens with one attached hydrogen (secondary N) is 2. The fraction of sp³-hybridized carbons (Fsp3) is 0.222. The molecule has 0 saturated heterocycles.